The molecular formula is C12H25NO5. The average Bonchev–Trinajstić information content (AvgIpc) is 2.39. The third kappa shape index (κ3) is 10.9. The van der Waals surface area contributed by atoms with E-state index in [2.05, 4.69) is 25.6 Å². The van der Waals surface area contributed by atoms with Gasteiger partial charge in [-0.25, -0.2) is 4.89 Å². The van der Waals surface area contributed by atoms with Crippen LogP contribution in [0.1, 0.15) is 64.2 Å². The Hall–Kier alpha value is -0.240. The number of hydrogen-bond donors (Lipinski definition) is 1. The molecule has 0 aromatic heterocycles. The summed E-state index contributed by atoms with van der Waals surface area (Å²) < 4.78 is 0. The molecule has 0 aliphatic carbocycles. The Kier molecular flexibility index (Phi) is 11.6. The van der Waals surface area contributed by atoms with Crippen molar-refractivity contribution in [2.75, 3.05) is 13.2 Å². The molecule has 1 rings (SSSR count). The van der Waals surface area contributed by atoms with Crippen molar-refractivity contribution in [2.45, 2.75) is 64.2 Å². The minimum atomic E-state index is 0.497. The first-order valence-corrected chi connectivity index (χ1v) is 7.01. The van der Waals surface area contributed by atoms with E-state index in [1.807, 2.05) is 0 Å². The summed E-state index contributed by atoms with van der Waals surface area (Å²) in [5.41, 5.74) is 2.61. The van der Waals surface area contributed by atoms with E-state index in [1.165, 1.54) is 44.9 Å². The molecule has 6 heteroatoms. The molecule has 1 fully saturated rings. The zero-order chi connectivity index (χ0) is 12.7. The van der Waals surface area contributed by atoms with Crippen molar-refractivity contribution in [2.24, 2.45) is 0 Å². The lowest BCUT2D eigenvalue weighted by atomic mass is 10.1. The molecule has 0 bridgehead atoms. The van der Waals surface area contributed by atoms with Gasteiger partial charge >= 0.3 is 0 Å². The number of nitrogens with one attached hydrogen (secondary N) is 1. The predicted molar refractivity (Wildman–Crippen MR) is 64.5 cm³/mol. The van der Waals surface area contributed by atoms with Crippen molar-refractivity contribution < 1.29 is 25.0 Å². The highest BCUT2D eigenvalue weighted by Gasteiger charge is 1.97. The summed E-state index contributed by atoms with van der Waals surface area (Å²) in [7, 11) is 0. The predicted octanol–water partition coefficient (Wildman–Crippen LogP) is 3.15. The third-order valence-electron chi connectivity index (χ3n) is 2.95. The topological polar surface area (TPSA) is 58.2 Å². The van der Waals surface area contributed by atoms with Crippen molar-refractivity contribution >= 4 is 0 Å². The Bertz CT molecular complexity index is 95.5. The fourth-order valence-electron chi connectivity index (χ4n) is 1.92. The first-order valence-electron chi connectivity index (χ1n) is 7.01. The zero-order valence-electron chi connectivity index (χ0n) is 11.0. The van der Waals surface area contributed by atoms with Gasteiger partial charge in [-0.05, 0) is 28.0 Å². The maximum Gasteiger partial charge on any atom is 0.0855 e. The summed E-state index contributed by atoms with van der Waals surface area (Å²) in [5.74, 6) is 0. The van der Waals surface area contributed by atoms with Gasteiger partial charge in [0.15, 0.2) is 0 Å². The highest BCUT2D eigenvalue weighted by molar-refractivity contribution is 4.48. The number of hydroxylamine groups is 1. The van der Waals surface area contributed by atoms with Gasteiger partial charge in [0.05, 0.1) is 6.61 Å². The lowest BCUT2D eigenvalue weighted by Gasteiger charge is -2.05. The Morgan fingerprint density at radius 3 is 1.89 bits per heavy atom. The van der Waals surface area contributed by atoms with Crippen LogP contribution in [0.15, 0.2) is 0 Å². The maximum atomic E-state index is 4.72. The van der Waals surface area contributed by atoms with Gasteiger partial charge in [0.25, 0.3) is 0 Å². The van der Waals surface area contributed by atoms with E-state index in [-0.39, 0.29) is 0 Å². The van der Waals surface area contributed by atoms with Crippen molar-refractivity contribution in [3.05, 3.63) is 0 Å². The van der Waals surface area contributed by atoms with Crippen LogP contribution in [0, 0.1) is 0 Å². The summed E-state index contributed by atoms with van der Waals surface area (Å²) in [4.78, 5) is 9.23. The summed E-state index contributed by atoms with van der Waals surface area (Å²) in [6, 6.07) is 0. The first kappa shape index (κ1) is 15.8. The molecular weight excluding hydrogens is 238 g/mol. The molecule has 108 valence electrons. The van der Waals surface area contributed by atoms with Crippen LogP contribution in [0.3, 0.4) is 0 Å². The van der Waals surface area contributed by atoms with E-state index in [1.54, 1.807) is 0 Å². The summed E-state index contributed by atoms with van der Waals surface area (Å²) in [6.45, 7) is 1.22. The highest BCUT2D eigenvalue weighted by Crippen LogP contribution is 2.10. The molecule has 0 aromatic carbocycles. The van der Waals surface area contributed by atoms with Gasteiger partial charge in [-0.2, -0.15) is 5.48 Å². The molecule has 0 radical (unpaired) electrons. The monoisotopic (exact) mass is 263 g/mol. The van der Waals surface area contributed by atoms with Crippen LogP contribution in [0.5, 0.6) is 0 Å². The lowest BCUT2D eigenvalue weighted by molar-refractivity contribution is -0.716. The Morgan fingerprint density at radius 1 is 0.556 bits per heavy atom. The minimum absolute atomic E-state index is 0.497. The molecule has 0 unspecified atom stereocenters. The molecule has 0 spiro atoms. The van der Waals surface area contributed by atoms with E-state index in [9.17, 15) is 0 Å². The van der Waals surface area contributed by atoms with Gasteiger partial charge in [0, 0.05) is 6.54 Å². The Morgan fingerprint density at radius 2 is 1.17 bits per heavy atom. The lowest BCUT2D eigenvalue weighted by Crippen LogP contribution is -2.16. The standard InChI is InChI=1S/C12H25NO5/c1-2-4-6-8-10-12-14-16-18-17-15-13-11-9-7-5-3-1/h13H,1-12H2. The van der Waals surface area contributed by atoms with Crippen molar-refractivity contribution in [3.8, 4) is 0 Å². The molecule has 1 aliphatic rings. The molecule has 1 saturated heterocycles. The van der Waals surface area contributed by atoms with E-state index in [0.29, 0.717) is 6.61 Å². The van der Waals surface area contributed by atoms with Crippen molar-refractivity contribution in [3.63, 3.8) is 0 Å². The maximum absolute atomic E-state index is 4.72. The largest absolute Gasteiger partial charge is 0.204 e. The molecule has 0 atom stereocenters. The van der Waals surface area contributed by atoms with E-state index < -0.39 is 0 Å². The van der Waals surface area contributed by atoms with Gasteiger partial charge in [-0.1, -0.05) is 51.4 Å². The highest BCUT2D eigenvalue weighted by atomic mass is 17.8. The smallest absolute Gasteiger partial charge is 0.0855 e. The minimum Gasteiger partial charge on any atom is -0.204 e. The second-order valence-electron chi connectivity index (χ2n) is 4.54. The van der Waals surface area contributed by atoms with Crippen molar-refractivity contribution in [1.29, 1.82) is 0 Å². The molecule has 6 nitrogen and oxygen atoms in total. The second-order valence-corrected chi connectivity index (χ2v) is 4.54. The van der Waals surface area contributed by atoms with Crippen LogP contribution < -0.4 is 5.48 Å². The van der Waals surface area contributed by atoms with Crippen LogP contribution in [-0.4, -0.2) is 13.2 Å². The SMILES string of the molecule is C1CCCCCCOOOOONCCCCC1. The van der Waals surface area contributed by atoms with E-state index in [4.69, 9.17) is 4.89 Å². The molecule has 1 N–H and O–H groups in total. The molecule has 18 heavy (non-hydrogen) atoms. The fourth-order valence-corrected chi connectivity index (χ4v) is 1.92. The number of hydrogen-bond acceptors (Lipinski definition) is 6. The van der Waals surface area contributed by atoms with E-state index in [0.717, 1.165) is 25.8 Å². The van der Waals surface area contributed by atoms with Crippen LogP contribution in [0.4, 0.5) is 0 Å². The normalized spacial score (nSPS) is 24.0. The molecule has 0 saturated carbocycles. The molecule has 0 aromatic rings. The quantitative estimate of drug-likeness (QED) is 0.677. The Labute approximate surface area is 109 Å². The first-order chi connectivity index (χ1) is 9.00. The van der Waals surface area contributed by atoms with Crippen molar-refractivity contribution in [1.82, 2.24) is 5.48 Å². The molecule has 1 heterocycles. The zero-order valence-corrected chi connectivity index (χ0v) is 11.0. The van der Waals surface area contributed by atoms with Crippen LogP contribution >= 0.6 is 0 Å². The van der Waals surface area contributed by atoms with Crippen LogP contribution in [-0.2, 0) is 25.0 Å². The third-order valence-corrected chi connectivity index (χ3v) is 2.95. The summed E-state index contributed by atoms with van der Waals surface area (Å²) in [6.07, 6.45) is 12.3. The second kappa shape index (κ2) is 13.2. The number of rotatable bonds is 0. The van der Waals surface area contributed by atoms with Gasteiger partial charge in [-0.3, -0.25) is 0 Å². The van der Waals surface area contributed by atoms with Crippen LogP contribution in [0.2, 0.25) is 0 Å². The van der Waals surface area contributed by atoms with Gasteiger partial charge < -0.3 is 0 Å². The van der Waals surface area contributed by atoms with Crippen LogP contribution in [0.25, 0.3) is 0 Å². The Balaban J connectivity index is 2.00. The molecule has 1 aliphatic heterocycles. The summed E-state index contributed by atoms with van der Waals surface area (Å²) in [5, 5.41) is 12.7. The van der Waals surface area contributed by atoms with Gasteiger partial charge in [0.2, 0.25) is 0 Å². The van der Waals surface area contributed by atoms with Gasteiger partial charge in [-0.15, -0.1) is 4.99 Å². The fraction of sp³-hybridized carbons (Fsp3) is 1.00. The summed E-state index contributed by atoms with van der Waals surface area (Å²) >= 11 is 0. The van der Waals surface area contributed by atoms with E-state index >= 15 is 0 Å². The van der Waals surface area contributed by atoms with Gasteiger partial charge in [0.1, 0.15) is 0 Å². The average molecular weight is 263 g/mol. The molecule has 0 amide bonds.